The second kappa shape index (κ2) is 5.55. The quantitative estimate of drug-likeness (QED) is 0.853. The summed E-state index contributed by atoms with van der Waals surface area (Å²) in [6.07, 6.45) is 0.950. The first-order valence-corrected chi connectivity index (χ1v) is 6.54. The van der Waals surface area contributed by atoms with E-state index in [0.29, 0.717) is 0 Å². The standard InChI is InChI=1S/C15H21NO2/c1-4-12-13-7-5-6-8-14(13)18-15(12)11(3)16-10(2)9-17/h5-8,10-11,16-17H,4,9H2,1-3H3. The number of rotatable bonds is 5. The number of nitrogens with one attached hydrogen (secondary N) is 1. The molecule has 0 spiro atoms. The van der Waals surface area contributed by atoms with Gasteiger partial charge in [-0.15, -0.1) is 0 Å². The maximum atomic E-state index is 9.10. The van der Waals surface area contributed by atoms with Gasteiger partial charge in [0, 0.05) is 17.0 Å². The summed E-state index contributed by atoms with van der Waals surface area (Å²) >= 11 is 0. The molecule has 0 bridgehead atoms. The van der Waals surface area contributed by atoms with Gasteiger partial charge in [0.2, 0.25) is 0 Å². The van der Waals surface area contributed by atoms with Crippen LogP contribution in [0.4, 0.5) is 0 Å². The van der Waals surface area contributed by atoms with Crippen LogP contribution >= 0.6 is 0 Å². The normalized spacial score (nSPS) is 14.9. The first kappa shape index (κ1) is 13.1. The monoisotopic (exact) mass is 247 g/mol. The molecule has 0 saturated heterocycles. The van der Waals surface area contributed by atoms with Gasteiger partial charge in [-0.05, 0) is 26.3 Å². The smallest absolute Gasteiger partial charge is 0.134 e. The first-order valence-electron chi connectivity index (χ1n) is 6.54. The van der Waals surface area contributed by atoms with Crippen molar-refractivity contribution in [2.24, 2.45) is 0 Å². The first-order chi connectivity index (χ1) is 8.67. The molecular weight excluding hydrogens is 226 g/mol. The Morgan fingerprint density at radius 2 is 2.00 bits per heavy atom. The van der Waals surface area contributed by atoms with Gasteiger partial charge in [0.25, 0.3) is 0 Å². The van der Waals surface area contributed by atoms with Crippen LogP contribution in [0.3, 0.4) is 0 Å². The van der Waals surface area contributed by atoms with Crippen molar-refractivity contribution in [2.45, 2.75) is 39.3 Å². The van der Waals surface area contributed by atoms with Crippen molar-refractivity contribution in [1.82, 2.24) is 5.32 Å². The number of aliphatic hydroxyl groups excluding tert-OH is 1. The van der Waals surface area contributed by atoms with E-state index in [2.05, 4.69) is 25.2 Å². The molecular formula is C15H21NO2. The molecule has 98 valence electrons. The molecule has 0 aliphatic carbocycles. The maximum absolute atomic E-state index is 9.10. The summed E-state index contributed by atoms with van der Waals surface area (Å²) < 4.78 is 5.95. The summed E-state index contributed by atoms with van der Waals surface area (Å²) in [4.78, 5) is 0. The van der Waals surface area contributed by atoms with E-state index < -0.39 is 0 Å². The third-order valence-corrected chi connectivity index (χ3v) is 3.28. The highest BCUT2D eigenvalue weighted by atomic mass is 16.3. The second-order valence-corrected chi connectivity index (χ2v) is 4.77. The molecule has 3 nitrogen and oxygen atoms in total. The number of aliphatic hydroxyl groups is 1. The van der Waals surface area contributed by atoms with Crippen molar-refractivity contribution in [1.29, 1.82) is 0 Å². The molecule has 2 aromatic rings. The molecule has 1 heterocycles. The highest BCUT2D eigenvalue weighted by molar-refractivity contribution is 5.82. The highest BCUT2D eigenvalue weighted by Gasteiger charge is 2.18. The summed E-state index contributed by atoms with van der Waals surface area (Å²) in [7, 11) is 0. The van der Waals surface area contributed by atoms with Crippen molar-refractivity contribution < 1.29 is 9.52 Å². The highest BCUT2D eigenvalue weighted by Crippen LogP contribution is 2.30. The van der Waals surface area contributed by atoms with E-state index in [-0.39, 0.29) is 18.7 Å². The third-order valence-electron chi connectivity index (χ3n) is 3.28. The molecule has 0 fully saturated rings. The van der Waals surface area contributed by atoms with Crippen molar-refractivity contribution >= 4 is 11.0 Å². The molecule has 2 atom stereocenters. The number of para-hydroxylation sites is 1. The molecule has 1 aromatic heterocycles. The Hall–Kier alpha value is -1.32. The third kappa shape index (κ3) is 2.42. The van der Waals surface area contributed by atoms with Crippen LogP contribution in [0.2, 0.25) is 0 Å². The number of benzene rings is 1. The number of aryl methyl sites for hydroxylation is 1. The number of hydrogen-bond acceptors (Lipinski definition) is 3. The molecule has 0 amide bonds. The molecule has 3 heteroatoms. The van der Waals surface area contributed by atoms with Crippen molar-refractivity contribution in [2.75, 3.05) is 6.61 Å². The van der Waals surface area contributed by atoms with Crippen LogP contribution in [0.25, 0.3) is 11.0 Å². The molecule has 0 saturated carbocycles. The van der Waals surface area contributed by atoms with Crippen LogP contribution in [0.1, 0.15) is 38.1 Å². The Balaban J connectivity index is 2.37. The van der Waals surface area contributed by atoms with Gasteiger partial charge in [-0.3, -0.25) is 0 Å². The van der Waals surface area contributed by atoms with E-state index in [4.69, 9.17) is 9.52 Å². The summed E-state index contributed by atoms with van der Waals surface area (Å²) in [6.45, 7) is 6.31. The Morgan fingerprint density at radius 3 is 2.67 bits per heavy atom. The zero-order chi connectivity index (χ0) is 13.1. The van der Waals surface area contributed by atoms with Crippen molar-refractivity contribution in [3.05, 3.63) is 35.6 Å². The number of furan rings is 1. The predicted molar refractivity (Wildman–Crippen MR) is 73.7 cm³/mol. The van der Waals surface area contributed by atoms with E-state index >= 15 is 0 Å². The Kier molecular flexibility index (Phi) is 4.04. The van der Waals surface area contributed by atoms with Gasteiger partial charge in [-0.1, -0.05) is 25.1 Å². The molecule has 1 aromatic carbocycles. The van der Waals surface area contributed by atoms with E-state index in [9.17, 15) is 0 Å². The van der Waals surface area contributed by atoms with Gasteiger partial charge >= 0.3 is 0 Å². The van der Waals surface area contributed by atoms with Crippen LogP contribution in [0.5, 0.6) is 0 Å². The fraction of sp³-hybridized carbons (Fsp3) is 0.467. The lowest BCUT2D eigenvalue weighted by Gasteiger charge is -2.17. The minimum Gasteiger partial charge on any atom is -0.459 e. The van der Waals surface area contributed by atoms with E-state index in [1.807, 2.05) is 25.1 Å². The average Bonchev–Trinajstić information content (AvgIpc) is 2.77. The molecule has 0 aliphatic heterocycles. The number of hydrogen-bond donors (Lipinski definition) is 2. The van der Waals surface area contributed by atoms with Gasteiger partial charge in [0.05, 0.1) is 12.6 Å². The van der Waals surface area contributed by atoms with Crippen LogP contribution in [0.15, 0.2) is 28.7 Å². The topological polar surface area (TPSA) is 45.4 Å². The zero-order valence-electron chi connectivity index (χ0n) is 11.2. The van der Waals surface area contributed by atoms with Gasteiger partial charge in [-0.25, -0.2) is 0 Å². The minimum atomic E-state index is 0.0675. The van der Waals surface area contributed by atoms with E-state index in [1.54, 1.807) is 0 Å². The van der Waals surface area contributed by atoms with Crippen LogP contribution in [-0.4, -0.2) is 17.8 Å². The van der Waals surface area contributed by atoms with Crippen LogP contribution < -0.4 is 5.32 Å². The largest absolute Gasteiger partial charge is 0.459 e. The minimum absolute atomic E-state index is 0.0675. The second-order valence-electron chi connectivity index (χ2n) is 4.77. The van der Waals surface area contributed by atoms with Crippen LogP contribution in [0, 0.1) is 0 Å². The molecule has 2 unspecified atom stereocenters. The zero-order valence-corrected chi connectivity index (χ0v) is 11.2. The molecule has 2 rings (SSSR count). The van der Waals surface area contributed by atoms with Gasteiger partial charge < -0.3 is 14.8 Å². The number of fused-ring (bicyclic) bond motifs is 1. The SMILES string of the molecule is CCc1c(C(C)NC(C)CO)oc2ccccc12. The summed E-state index contributed by atoms with van der Waals surface area (Å²) in [5, 5.41) is 13.6. The van der Waals surface area contributed by atoms with Gasteiger partial charge in [0.15, 0.2) is 0 Å². The van der Waals surface area contributed by atoms with E-state index in [0.717, 1.165) is 17.8 Å². The molecule has 18 heavy (non-hydrogen) atoms. The fourth-order valence-electron chi connectivity index (χ4n) is 2.39. The Labute approximate surface area is 108 Å². The molecule has 2 N–H and O–H groups in total. The Bertz CT molecular complexity index is 518. The average molecular weight is 247 g/mol. The Morgan fingerprint density at radius 1 is 1.28 bits per heavy atom. The lowest BCUT2D eigenvalue weighted by molar-refractivity contribution is 0.238. The van der Waals surface area contributed by atoms with Crippen LogP contribution in [-0.2, 0) is 6.42 Å². The van der Waals surface area contributed by atoms with Crippen molar-refractivity contribution in [3.63, 3.8) is 0 Å². The molecule has 0 radical (unpaired) electrons. The predicted octanol–water partition coefficient (Wildman–Crippen LogP) is 3.03. The van der Waals surface area contributed by atoms with Gasteiger partial charge in [-0.2, -0.15) is 0 Å². The van der Waals surface area contributed by atoms with Gasteiger partial charge in [0.1, 0.15) is 11.3 Å². The lowest BCUT2D eigenvalue weighted by atomic mass is 10.0. The summed E-state index contributed by atoms with van der Waals surface area (Å²) in [5.41, 5.74) is 2.20. The molecule has 0 aliphatic rings. The van der Waals surface area contributed by atoms with Crippen molar-refractivity contribution in [3.8, 4) is 0 Å². The maximum Gasteiger partial charge on any atom is 0.134 e. The summed E-state index contributed by atoms with van der Waals surface area (Å²) in [6, 6.07) is 8.30. The van der Waals surface area contributed by atoms with E-state index in [1.165, 1.54) is 10.9 Å². The summed E-state index contributed by atoms with van der Waals surface area (Å²) in [5.74, 6) is 0.985. The fourth-order valence-corrected chi connectivity index (χ4v) is 2.39. The lowest BCUT2D eigenvalue weighted by Crippen LogP contribution is -2.31.